The SMILES string of the molecule is CCC(C)CCOC(=O)c1ccc(C(=O)OCC(C)C)cc1. The van der Waals surface area contributed by atoms with Gasteiger partial charge in [0.05, 0.1) is 24.3 Å². The Bertz CT molecular complexity index is 476. The molecule has 0 aromatic heterocycles. The van der Waals surface area contributed by atoms with E-state index in [1.165, 1.54) is 0 Å². The summed E-state index contributed by atoms with van der Waals surface area (Å²) in [6.07, 6.45) is 1.94. The number of rotatable bonds is 8. The molecule has 122 valence electrons. The Balaban J connectivity index is 2.50. The van der Waals surface area contributed by atoms with Gasteiger partial charge < -0.3 is 9.47 Å². The molecule has 1 unspecified atom stereocenters. The van der Waals surface area contributed by atoms with E-state index in [9.17, 15) is 9.59 Å². The van der Waals surface area contributed by atoms with E-state index in [1.807, 2.05) is 13.8 Å². The first kappa shape index (κ1) is 18.2. The zero-order valence-corrected chi connectivity index (χ0v) is 13.9. The molecule has 1 rings (SSSR count). The molecular weight excluding hydrogens is 280 g/mol. The summed E-state index contributed by atoms with van der Waals surface area (Å²) in [5, 5.41) is 0. The van der Waals surface area contributed by atoms with E-state index in [0.29, 0.717) is 36.2 Å². The number of ether oxygens (including phenoxy) is 2. The van der Waals surface area contributed by atoms with Crippen LogP contribution in [0, 0.1) is 11.8 Å². The second-order valence-electron chi connectivity index (χ2n) is 6.01. The summed E-state index contributed by atoms with van der Waals surface area (Å²) in [7, 11) is 0. The average Bonchev–Trinajstić information content (AvgIpc) is 2.52. The zero-order valence-electron chi connectivity index (χ0n) is 13.9. The van der Waals surface area contributed by atoms with Gasteiger partial charge in [0.25, 0.3) is 0 Å². The van der Waals surface area contributed by atoms with Gasteiger partial charge >= 0.3 is 11.9 Å². The summed E-state index contributed by atoms with van der Waals surface area (Å²) in [5.74, 6) is 0.116. The number of benzene rings is 1. The molecule has 0 aliphatic rings. The molecule has 0 bridgehead atoms. The molecule has 0 heterocycles. The van der Waals surface area contributed by atoms with Crippen molar-refractivity contribution in [1.29, 1.82) is 0 Å². The van der Waals surface area contributed by atoms with Gasteiger partial charge in [0.1, 0.15) is 0 Å². The van der Waals surface area contributed by atoms with Gasteiger partial charge in [-0.1, -0.05) is 34.1 Å². The van der Waals surface area contributed by atoms with Gasteiger partial charge in [-0.2, -0.15) is 0 Å². The van der Waals surface area contributed by atoms with Crippen LogP contribution >= 0.6 is 0 Å². The Morgan fingerprint density at radius 2 is 1.45 bits per heavy atom. The van der Waals surface area contributed by atoms with Crippen LogP contribution in [0.3, 0.4) is 0 Å². The van der Waals surface area contributed by atoms with E-state index in [4.69, 9.17) is 9.47 Å². The van der Waals surface area contributed by atoms with E-state index < -0.39 is 0 Å². The second-order valence-corrected chi connectivity index (χ2v) is 6.01. The van der Waals surface area contributed by atoms with Crippen molar-refractivity contribution in [3.8, 4) is 0 Å². The molecule has 4 nitrogen and oxygen atoms in total. The summed E-state index contributed by atoms with van der Waals surface area (Å²) in [6, 6.07) is 6.37. The van der Waals surface area contributed by atoms with Crippen molar-refractivity contribution in [1.82, 2.24) is 0 Å². The fourth-order valence-electron chi connectivity index (χ4n) is 1.71. The number of carbonyl (C=O) groups excluding carboxylic acids is 2. The van der Waals surface area contributed by atoms with Crippen molar-refractivity contribution < 1.29 is 19.1 Å². The van der Waals surface area contributed by atoms with Gasteiger partial charge in [0.15, 0.2) is 0 Å². The van der Waals surface area contributed by atoms with Crippen LogP contribution in [-0.2, 0) is 9.47 Å². The third-order valence-electron chi connectivity index (χ3n) is 3.44. The number of carbonyl (C=O) groups is 2. The lowest BCUT2D eigenvalue weighted by atomic mass is 10.1. The van der Waals surface area contributed by atoms with Crippen LogP contribution in [-0.4, -0.2) is 25.2 Å². The van der Waals surface area contributed by atoms with E-state index in [-0.39, 0.29) is 11.9 Å². The minimum absolute atomic E-state index is 0.295. The van der Waals surface area contributed by atoms with Crippen LogP contribution in [0.1, 0.15) is 61.3 Å². The Kier molecular flexibility index (Phi) is 7.64. The molecular formula is C18H26O4. The fraction of sp³-hybridized carbons (Fsp3) is 0.556. The number of hydrogen-bond acceptors (Lipinski definition) is 4. The highest BCUT2D eigenvalue weighted by Crippen LogP contribution is 2.10. The van der Waals surface area contributed by atoms with Gasteiger partial charge in [0, 0.05) is 0 Å². The molecule has 0 radical (unpaired) electrons. The molecule has 0 N–H and O–H groups in total. The van der Waals surface area contributed by atoms with Gasteiger partial charge in [-0.25, -0.2) is 9.59 Å². The maximum absolute atomic E-state index is 11.9. The lowest BCUT2D eigenvalue weighted by Crippen LogP contribution is -2.11. The maximum Gasteiger partial charge on any atom is 0.338 e. The van der Waals surface area contributed by atoms with Crippen molar-refractivity contribution in [2.75, 3.05) is 13.2 Å². The van der Waals surface area contributed by atoms with Crippen molar-refractivity contribution >= 4 is 11.9 Å². The average molecular weight is 306 g/mol. The standard InChI is InChI=1S/C18H26O4/c1-5-14(4)10-11-21-17(19)15-6-8-16(9-7-15)18(20)22-12-13(2)3/h6-9,13-14H,5,10-12H2,1-4H3. The molecule has 0 saturated heterocycles. The third kappa shape index (κ3) is 6.29. The minimum atomic E-state index is -0.370. The van der Waals surface area contributed by atoms with Crippen LogP contribution in [0.25, 0.3) is 0 Å². The van der Waals surface area contributed by atoms with Crippen molar-refractivity contribution in [2.45, 2.75) is 40.5 Å². The monoisotopic (exact) mass is 306 g/mol. The molecule has 22 heavy (non-hydrogen) atoms. The maximum atomic E-state index is 11.9. The molecule has 1 atom stereocenters. The first-order chi connectivity index (χ1) is 10.4. The predicted molar refractivity (Wildman–Crippen MR) is 85.9 cm³/mol. The molecule has 0 spiro atoms. The molecule has 1 aromatic carbocycles. The molecule has 0 aliphatic heterocycles. The van der Waals surface area contributed by atoms with Gasteiger partial charge in [-0.05, 0) is 42.5 Å². The summed E-state index contributed by atoms with van der Waals surface area (Å²) in [5.41, 5.74) is 0.890. The molecule has 0 amide bonds. The Hall–Kier alpha value is -1.84. The van der Waals surface area contributed by atoms with Crippen molar-refractivity contribution in [2.24, 2.45) is 11.8 Å². The second kappa shape index (κ2) is 9.23. The highest BCUT2D eigenvalue weighted by Gasteiger charge is 2.11. The Morgan fingerprint density at radius 3 is 1.91 bits per heavy atom. The topological polar surface area (TPSA) is 52.6 Å². The molecule has 0 fully saturated rings. The highest BCUT2D eigenvalue weighted by molar-refractivity contribution is 5.93. The van der Waals surface area contributed by atoms with Gasteiger partial charge in [0.2, 0.25) is 0 Å². The van der Waals surface area contributed by atoms with E-state index >= 15 is 0 Å². The molecule has 0 saturated carbocycles. The zero-order chi connectivity index (χ0) is 16.5. The van der Waals surface area contributed by atoms with Crippen LogP contribution in [0.4, 0.5) is 0 Å². The fourth-order valence-corrected chi connectivity index (χ4v) is 1.71. The number of hydrogen-bond donors (Lipinski definition) is 0. The van der Waals surface area contributed by atoms with E-state index in [1.54, 1.807) is 24.3 Å². The van der Waals surface area contributed by atoms with Gasteiger partial charge in [-0.15, -0.1) is 0 Å². The normalized spacial score (nSPS) is 12.0. The third-order valence-corrected chi connectivity index (χ3v) is 3.44. The lowest BCUT2D eigenvalue weighted by molar-refractivity contribution is 0.0452. The van der Waals surface area contributed by atoms with Crippen LogP contribution in [0.15, 0.2) is 24.3 Å². The van der Waals surface area contributed by atoms with E-state index in [2.05, 4.69) is 13.8 Å². The van der Waals surface area contributed by atoms with Crippen molar-refractivity contribution in [3.63, 3.8) is 0 Å². The highest BCUT2D eigenvalue weighted by atomic mass is 16.5. The number of esters is 2. The summed E-state index contributed by atoms with van der Waals surface area (Å²) >= 11 is 0. The quantitative estimate of drug-likeness (QED) is 0.679. The van der Waals surface area contributed by atoms with Gasteiger partial charge in [-0.3, -0.25) is 0 Å². The predicted octanol–water partition coefficient (Wildman–Crippen LogP) is 4.09. The molecule has 0 aliphatic carbocycles. The Labute approximate surface area is 132 Å². The summed E-state index contributed by atoms with van der Waals surface area (Å²) < 4.78 is 10.4. The minimum Gasteiger partial charge on any atom is -0.462 e. The van der Waals surface area contributed by atoms with Crippen LogP contribution in [0.5, 0.6) is 0 Å². The Morgan fingerprint density at radius 1 is 0.955 bits per heavy atom. The smallest absolute Gasteiger partial charge is 0.338 e. The van der Waals surface area contributed by atoms with Crippen LogP contribution < -0.4 is 0 Å². The molecule has 1 aromatic rings. The largest absolute Gasteiger partial charge is 0.462 e. The first-order valence-corrected chi connectivity index (χ1v) is 7.88. The van der Waals surface area contributed by atoms with Crippen molar-refractivity contribution in [3.05, 3.63) is 35.4 Å². The first-order valence-electron chi connectivity index (χ1n) is 7.88. The van der Waals surface area contributed by atoms with E-state index in [0.717, 1.165) is 12.8 Å². The van der Waals surface area contributed by atoms with Crippen LogP contribution in [0.2, 0.25) is 0 Å². The lowest BCUT2D eigenvalue weighted by Gasteiger charge is -2.09. The summed E-state index contributed by atoms with van der Waals surface area (Å²) in [4.78, 5) is 23.6. The summed E-state index contributed by atoms with van der Waals surface area (Å²) in [6.45, 7) is 9.01. The molecule has 4 heteroatoms.